The number of para-hydroxylation sites is 1. The number of carboxylic acids is 1. The number of carboxylic acid groups (broad SMARTS) is 1. The van der Waals surface area contributed by atoms with Crippen LogP contribution in [0.4, 0.5) is 10.5 Å². The Morgan fingerprint density at radius 3 is 2.70 bits per heavy atom. The van der Waals surface area contributed by atoms with Gasteiger partial charge < -0.3 is 15.3 Å². The Hall–Kier alpha value is -2.55. The zero-order valence-electron chi connectivity index (χ0n) is 11.7. The molecule has 1 atom stereocenters. The molecule has 0 spiro atoms. The number of carbonyl (C=O) groups excluding carboxylic acids is 1. The summed E-state index contributed by atoms with van der Waals surface area (Å²) in [5.41, 5.74) is 0.986. The molecule has 0 fully saturated rings. The molecule has 20 heavy (non-hydrogen) atoms. The molecule has 0 aliphatic carbocycles. The largest absolute Gasteiger partial charge is 0.478 e. The molecule has 0 radical (unpaired) electrons. The van der Waals surface area contributed by atoms with Gasteiger partial charge in [-0.05, 0) is 25.5 Å². The minimum absolute atomic E-state index is 0.0414. The topological polar surface area (TPSA) is 93.4 Å². The molecule has 1 rings (SSSR count). The van der Waals surface area contributed by atoms with Crippen molar-refractivity contribution in [1.82, 2.24) is 4.90 Å². The third-order valence-electron chi connectivity index (χ3n) is 3.10. The number of nitrogens with one attached hydrogen (secondary N) is 1. The average molecular weight is 275 g/mol. The Morgan fingerprint density at radius 2 is 2.15 bits per heavy atom. The van der Waals surface area contributed by atoms with Gasteiger partial charge in [0.15, 0.2) is 0 Å². The summed E-state index contributed by atoms with van der Waals surface area (Å²) >= 11 is 0. The maximum Gasteiger partial charge on any atom is 0.337 e. The molecule has 2 amide bonds. The predicted octanol–water partition coefficient (Wildman–Crippen LogP) is 2.46. The summed E-state index contributed by atoms with van der Waals surface area (Å²) in [6.45, 7) is 3.47. The highest BCUT2D eigenvalue weighted by Crippen LogP contribution is 2.21. The van der Waals surface area contributed by atoms with Crippen LogP contribution in [-0.2, 0) is 0 Å². The second kappa shape index (κ2) is 6.57. The van der Waals surface area contributed by atoms with Gasteiger partial charge in [-0.25, -0.2) is 9.59 Å². The second-order valence-electron chi connectivity index (χ2n) is 4.55. The van der Waals surface area contributed by atoms with E-state index in [1.165, 1.54) is 11.0 Å². The number of nitrogens with zero attached hydrogens (tertiary/aromatic N) is 2. The summed E-state index contributed by atoms with van der Waals surface area (Å²) in [4.78, 5) is 24.6. The molecular weight excluding hydrogens is 258 g/mol. The van der Waals surface area contributed by atoms with Crippen molar-refractivity contribution in [3.63, 3.8) is 0 Å². The van der Waals surface area contributed by atoms with E-state index < -0.39 is 12.0 Å². The van der Waals surface area contributed by atoms with Gasteiger partial charge in [-0.3, -0.25) is 0 Å². The minimum Gasteiger partial charge on any atom is -0.478 e. The number of nitriles is 1. The Labute approximate surface area is 117 Å². The maximum absolute atomic E-state index is 12.1. The number of amides is 2. The van der Waals surface area contributed by atoms with Gasteiger partial charge in [-0.2, -0.15) is 5.26 Å². The number of rotatable bonds is 4. The molecule has 0 heterocycles. The van der Waals surface area contributed by atoms with E-state index in [2.05, 4.69) is 5.32 Å². The first-order valence-electron chi connectivity index (χ1n) is 6.12. The fraction of sp³-hybridized carbons (Fsp3) is 0.357. The van der Waals surface area contributed by atoms with Gasteiger partial charge in [0, 0.05) is 13.1 Å². The SMILES string of the molecule is Cc1cccc(C(=O)O)c1NC(=O)N(C)C(C)CC#N. The van der Waals surface area contributed by atoms with Crippen LogP contribution in [0, 0.1) is 18.3 Å². The van der Waals surface area contributed by atoms with Crippen LogP contribution in [0.15, 0.2) is 18.2 Å². The lowest BCUT2D eigenvalue weighted by Crippen LogP contribution is -2.38. The Kier molecular flexibility index (Phi) is 5.09. The lowest BCUT2D eigenvalue weighted by atomic mass is 10.1. The van der Waals surface area contributed by atoms with Crippen molar-refractivity contribution in [3.8, 4) is 6.07 Å². The number of hydrogen-bond acceptors (Lipinski definition) is 3. The van der Waals surface area contributed by atoms with Gasteiger partial charge in [-0.15, -0.1) is 0 Å². The van der Waals surface area contributed by atoms with Gasteiger partial charge in [0.05, 0.1) is 23.7 Å². The molecule has 0 aromatic heterocycles. The smallest absolute Gasteiger partial charge is 0.337 e. The number of aromatic carboxylic acids is 1. The average Bonchev–Trinajstić information content (AvgIpc) is 2.39. The lowest BCUT2D eigenvalue weighted by Gasteiger charge is -2.24. The Morgan fingerprint density at radius 1 is 1.50 bits per heavy atom. The number of carbonyl (C=O) groups is 2. The van der Waals surface area contributed by atoms with Crippen LogP contribution in [-0.4, -0.2) is 35.1 Å². The summed E-state index contributed by atoms with van der Waals surface area (Å²) < 4.78 is 0. The molecule has 6 heteroatoms. The summed E-state index contributed by atoms with van der Waals surface area (Å²) in [6.07, 6.45) is 0.212. The van der Waals surface area contributed by atoms with Crippen LogP contribution in [0.2, 0.25) is 0 Å². The molecule has 1 aromatic carbocycles. The van der Waals surface area contributed by atoms with Crippen molar-refractivity contribution < 1.29 is 14.7 Å². The van der Waals surface area contributed by atoms with Gasteiger partial charge in [0.1, 0.15) is 0 Å². The zero-order chi connectivity index (χ0) is 15.3. The summed E-state index contributed by atoms with van der Waals surface area (Å²) in [7, 11) is 1.57. The van der Waals surface area contributed by atoms with E-state index >= 15 is 0 Å². The Bertz CT molecular complexity index is 563. The van der Waals surface area contributed by atoms with Crippen LogP contribution in [0.5, 0.6) is 0 Å². The van der Waals surface area contributed by atoms with Crippen LogP contribution < -0.4 is 5.32 Å². The van der Waals surface area contributed by atoms with E-state index in [4.69, 9.17) is 10.4 Å². The van der Waals surface area contributed by atoms with E-state index in [9.17, 15) is 9.59 Å². The van der Waals surface area contributed by atoms with Crippen molar-refractivity contribution in [1.29, 1.82) is 5.26 Å². The molecule has 1 unspecified atom stereocenters. The number of hydrogen-bond donors (Lipinski definition) is 2. The highest BCUT2D eigenvalue weighted by Gasteiger charge is 2.19. The molecule has 106 valence electrons. The second-order valence-corrected chi connectivity index (χ2v) is 4.55. The summed E-state index contributed by atoms with van der Waals surface area (Å²) in [5, 5.41) is 20.4. The molecule has 2 N–H and O–H groups in total. The van der Waals surface area contributed by atoms with Crippen molar-refractivity contribution in [2.45, 2.75) is 26.3 Å². The molecule has 0 bridgehead atoms. The van der Waals surface area contributed by atoms with Crippen molar-refractivity contribution >= 4 is 17.7 Å². The molecule has 0 saturated carbocycles. The molecule has 0 aliphatic rings. The van der Waals surface area contributed by atoms with Gasteiger partial charge in [0.2, 0.25) is 0 Å². The fourth-order valence-electron chi connectivity index (χ4n) is 1.68. The predicted molar refractivity (Wildman–Crippen MR) is 74.6 cm³/mol. The monoisotopic (exact) mass is 275 g/mol. The first kappa shape index (κ1) is 15.5. The van der Waals surface area contributed by atoms with Crippen LogP contribution in [0.3, 0.4) is 0 Å². The summed E-state index contributed by atoms with van der Waals surface area (Å²) in [5.74, 6) is -1.10. The quantitative estimate of drug-likeness (QED) is 0.882. The lowest BCUT2D eigenvalue weighted by molar-refractivity contribution is 0.0698. The third-order valence-corrected chi connectivity index (χ3v) is 3.10. The van der Waals surface area contributed by atoms with Crippen molar-refractivity contribution in [2.24, 2.45) is 0 Å². The van der Waals surface area contributed by atoms with E-state index in [0.717, 1.165) is 0 Å². The van der Waals surface area contributed by atoms with Crippen LogP contribution >= 0.6 is 0 Å². The van der Waals surface area contributed by atoms with Gasteiger partial charge in [-0.1, -0.05) is 12.1 Å². The minimum atomic E-state index is -1.10. The van der Waals surface area contributed by atoms with E-state index in [0.29, 0.717) is 5.56 Å². The Balaban J connectivity index is 2.97. The normalized spacial score (nSPS) is 11.3. The zero-order valence-corrected chi connectivity index (χ0v) is 11.7. The number of urea groups is 1. The number of benzene rings is 1. The molecular formula is C14H17N3O3. The first-order valence-corrected chi connectivity index (χ1v) is 6.12. The van der Waals surface area contributed by atoms with E-state index in [1.54, 1.807) is 33.0 Å². The molecule has 0 aliphatic heterocycles. The van der Waals surface area contributed by atoms with Crippen molar-refractivity contribution in [2.75, 3.05) is 12.4 Å². The van der Waals surface area contributed by atoms with Gasteiger partial charge in [0.25, 0.3) is 0 Å². The van der Waals surface area contributed by atoms with E-state index in [1.807, 2.05) is 6.07 Å². The third kappa shape index (κ3) is 3.48. The summed E-state index contributed by atoms with van der Waals surface area (Å²) in [6, 6.07) is 6.08. The first-order chi connectivity index (χ1) is 9.38. The van der Waals surface area contributed by atoms with Crippen LogP contribution in [0.25, 0.3) is 0 Å². The highest BCUT2D eigenvalue weighted by molar-refractivity contribution is 6.01. The maximum atomic E-state index is 12.1. The highest BCUT2D eigenvalue weighted by atomic mass is 16.4. The van der Waals surface area contributed by atoms with E-state index in [-0.39, 0.29) is 23.7 Å². The number of aryl methyl sites for hydroxylation is 1. The fourth-order valence-corrected chi connectivity index (χ4v) is 1.68. The molecule has 0 saturated heterocycles. The molecule has 6 nitrogen and oxygen atoms in total. The van der Waals surface area contributed by atoms with Gasteiger partial charge >= 0.3 is 12.0 Å². The standard InChI is InChI=1S/C14H17N3O3/c1-9-5-4-6-11(13(18)19)12(9)16-14(20)17(3)10(2)7-8-15/h4-6,10H,7H2,1-3H3,(H,16,20)(H,18,19). The van der Waals surface area contributed by atoms with Crippen molar-refractivity contribution in [3.05, 3.63) is 29.3 Å². The van der Waals surface area contributed by atoms with Crippen LogP contribution in [0.1, 0.15) is 29.3 Å². The molecule has 1 aromatic rings. The number of anilines is 1.